The molecule has 0 saturated carbocycles. The monoisotopic (exact) mass is 379 g/mol. The molecule has 0 aliphatic rings. The Kier molecular flexibility index (Phi) is 5.22. The van der Waals surface area contributed by atoms with Crippen LogP contribution in [0.1, 0.15) is 22.3 Å². The minimum absolute atomic E-state index is 0.368. The molecule has 0 amide bonds. The molecule has 1 heterocycles. The van der Waals surface area contributed by atoms with E-state index in [4.69, 9.17) is 9.84 Å². The molecule has 0 spiro atoms. The van der Waals surface area contributed by atoms with Crippen molar-refractivity contribution in [1.82, 2.24) is 4.57 Å². The largest absolute Gasteiger partial charge is 0.507 e. The maximum atomic E-state index is 11.5. The van der Waals surface area contributed by atoms with Crippen molar-refractivity contribution in [1.29, 1.82) is 0 Å². The Balaban J connectivity index is 2.13. The highest BCUT2D eigenvalue weighted by Gasteiger charge is 2.16. The fourth-order valence-corrected chi connectivity index (χ4v) is 3.36. The number of nitrogens with zero attached hydrogens (tertiary/aromatic N) is 1. The van der Waals surface area contributed by atoms with Crippen LogP contribution in [0.4, 0.5) is 0 Å². The van der Waals surface area contributed by atoms with Crippen molar-refractivity contribution in [2.45, 2.75) is 20.4 Å². The minimum atomic E-state index is -1.62. The fraction of sp³-hybridized carbons (Fsp3) is 0.182. The summed E-state index contributed by atoms with van der Waals surface area (Å²) in [7, 11) is 1.54. The first-order valence-electron chi connectivity index (χ1n) is 8.71. The van der Waals surface area contributed by atoms with Crippen molar-refractivity contribution < 1.29 is 24.5 Å². The second-order valence-electron chi connectivity index (χ2n) is 6.75. The van der Waals surface area contributed by atoms with E-state index >= 15 is 0 Å². The van der Waals surface area contributed by atoms with Crippen LogP contribution in [-0.4, -0.2) is 33.6 Å². The summed E-state index contributed by atoms with van der Waals surface area (Å²) in [5.74, 6) is -2.61. The van der Waals surface area contributed by atoms with Crippen molar-refractivity contribution in [2.75, 3.05) is 7.11 Å². The molecular formula is C22H21NO5. The van der Waals surface area contributed by atoms with Crippen molar-refractivity contribution in [3.63, 3.8) is 0 Å². The molecule has 0 bridgehead atoms. The van der Waals surface area contributed by atoms with Crippen LogP contribution in [-0.2, 0) is 16.1 Å². The predicted molar refractivity (Wildman–Crippen MR) is 107 cm³/mol. The Bertz CT molecular complexity index is 1090. The number of aromatic nitrogens is 1. The number of carbonyl (C=O) groups excluding carboxylic acids is 1. The van der Waals surface area contributed by atoms with Gasteiger partial charge in [-0.05, 0) is 37.6 Å². The topological polar surface area (TPSA) is 88.8 Å². The van der Waals surface area contributed by atoms with Gasteiger partial charge in [0.05, 0.1) is 7.11 Å². The van der Waals surface area contributed by atoms with Crippen LogP contribution in [0.15, 0.2) is 48.7 Å². The smallest absolute Gasteiger partial charge is 0.376 e. The zero-order chi connectivity index (χ0) is 20.4. The van der Waals surface area contributed by atoms with E-state index < -0.39 is 17.5 Å². The summed E-state index contributed by atoms with van der Waals surface area (Å²) < 4.78 is 7.22. The lowest BCUT2D eigenvalue weighted by Crippen LogP contribution is -2.09. The Morgan fingerprint density at radius 1 is 1.07 bits per heavy atom. The number of fused-ring (bicyclic) bond motifs is 1. The van der Waals surface area contributed by atoms with Crippen LogP contribution in [0.25, 0.3) is 16.7 Å². The van der Waals surface area contributed by atoms with E-state index in [0.29, 0.717) is 23.2 Å². The molecular weight excluding hydrogens is 358 g/mol. The first-order valence-corrected chi connectivity index (χ1v) is 8.71. The summed E-state index contributed by atoms with van der Waals surface area (Å²) in [6.07, 6.45) is 2.43. The molecule has 0 aliphatic carbocycles. The first kappa shape index (κ1) is 19.2. The summed E-state index contributed by atoms with van der Waals surface area (Å²) >= 11 is 0. The third kappa shape index (κ3) is 3.91. The van der Waals surface area contributed by atoms with Gasteiger partial charge in [-0.25, -0.2) is 4.79 Å². The number of hydrogen-bond donors (Lipinski definition) is 2. The summed E-state index contributed by atoms with van der Waals surface area (Å²) in [5.41, 5.74) is 4.61. The molecule has 1 aromatic heterocycles. The zero-order valence-corrected chi connectivity index (χ0v) is 15.9. The number of carboxylic acids is 1. The number of aliphatic hydroxyl groups excluding tert-OH is 1. The maximum Gasteiger partial charge on any atom is 0.376 e. The normalized spacial score (nSPS) is 11.6. The predicted octanol–water partition coefficient (Wildman–Crippen LogP) is 3.87. The van der Waals surface area contributed by atoms with Gasteiger partial charge in [-0.2, -0.15) is 0 Å². The third-order valence-electron chi connectivity index (χ3n) is 4.48. The molecule has 0 fully saturated rings. The van der Waals surface area contributed by atoms with Crippen LogP contribution >= 0.6 is 0 Å². The second-order valence-corrected chi connectivity index (χ2v) is 6.75. The Morgan fingerprint density at radius 3 is 2.36 bits per heavy atom. The molecule has 6 heteroatoms. The van der Waals surface area contributed by atoms with Gasteiger partial charge in [0.15, 0.2) is 0 Å². The Morgan fingerprint density at radius 2 is 1.75 bits per heavy atom. The average Bonchev–Trinajstić information content (AvgIpc) is 2.98. The standard InChI is InChI=1S/C22H21NO5/c1-13-6-14(2)8-15(7-13)11-23-12-18(20(24)10-21(25)22(26)27)17-9-16(28-3)4-5-19(17)23/h4-10,12,24H,11H2,1-3H3,(H,26,27). The van der Waals surface area contributed by atoms with Crippen molar-refractivity contribution >= 4 is 28.4 Å². The van der Waals surface area contributed by atoms with Gasteiger partial charge in [0.2, 0.25) is 0 Å². The average molecular weight is 379 g/mol. The van der Waals surface area contributed by atoms with Crippen LogP contribution < -0.4 is 4.74 Å². The summed E-state index contributed by atoms with van der Waals surface area (Å²) in [5, 5.41) is 19.8. The van der Waals surface area contributed by atoms with Crippen LogP contribution in [0.3, 0.4) is 0 Å². The van der Waals surface area contributed by atoms with Gasteiger partial charge in [-0.1, -0.05) is 29.3 Å². The van der Waals surface area contributed by atoms with Crippen LogP contribution in [0, 0.1) is 13.8 Å². The molecule has 3 aromatic rings. The van der Waals surface area contributed by atoms with E-state index in [9.17, 15) is 14.7 Å². The highest BCUT2D eigenvalue weighted by Crippen LogP contribution is 2.30. The molecule has 144 valence electrons. The third-order valence-corrected chi connectivity index (χ3v) is 4.48. The number of methoxy groups -OCH3 is 1. The number of aliphatic carboxylic acids is 1. The molecule has 3 rings (SSSR count). The Labute approximate surface area is 162 Å². The molecule has 6 nitrogen and oxygen atoms in total. The van der Waals surface area contributed by atoms with Gasteiger partial charge in [0, 0.05) is 35.3 Å². The molecule has 0 radical (unpaired) electrons. The van der Waals surface area contributed by atoms with E-state index in [-0.39, 0.29) is 0 Å². The van der Waals surface area contributed by atoms with E-state index in [2.05, 4.69) is 18.2 Å². The Hall–Kier alpha value is -3.54. The number of carboxylic acid groups (broad SMARTS) is 1. The first-order chi connectivity index (χ1) is 13.3. The van der Waals surface area contributed by atoms with Gasteiger partial charge in [0.1, 0.15) is 11.5 Å². The summed E-state index contributed by atoms with van der Waals surface area (Å²) in [4.78, 5) is 22.3. The van der Waals surface area contributed by atoms with E-state index in [1.54, 1.807) is 12.3 Å². The number of carbonyl (C=O) groups is 2. The number of benzene rings is 2. The van der Waals surface area contributed by atoms with Crippen molar-refractivity contribution in [3.8, 4) is 5.75 Å². The van der Waals surface area contributed by atoms with Crippen molar-refractivity contribution in [2.24, 2.45) is 0 Å². The highest BCUT2D eigenvalue weighted by atomic mass is 16.5. The lowest BCUT2D eigenvalue weighted by Gasteiger charge is -2.08. The lowest BCUT2D eigenvalue weighted by atomic mass is 10.1. The van der Waals surface area contributed by atoms with E-state index in [1.165, 1.54) is 7.11 Å². The lowest BCUT2D eigenvalue weighted by molar-refractivity contribution is -0.146. The van der Waals surface area contributed by atoms with Crippen molar-refractivity contribution in [3.05, 3.63) is 70.9 Å². The summed E-state index contributed by atoms with van der Waals surface area (Å²) in [6.45, 7) is 4.63. The molecule has 0 saturated heterocycles. The number of ketones is 1. The van der Waals surface area contributed by atoms with Gasteiger partial charge in [-0.15, -0.1) is 0 Å². The number of hydrogen-bond acceptors (Lipinski definition) is 4. The molecule has 0 atom stereocenters. The molecule has 0 unspecified atom stereocenters. The SMILES string of the molecule is COc1ccc2c(c1)c(C(O)=CC(=O)C(=O)O)cn2Cc1cc(C)cc(C)c1. The van der Waals surface area contributed by atoms with Gasteiger partial charge in [-0.3, -0.25) is 4.79 Å². The molecule has 2 N–H and O–H groups in total. The van der Waals surface area contributed by atoms with Gasteiger partial charge < -0.3 is 19.5 Å². The fourth-order valence-electron chi connectivity index (χ4n) is 3.36. The quantitative estimate of drug-likeness (QED) is 0.386. The van der Waals surface area contributed by atoms with Gasteiger partial charge in [0.25, 0.3) is 5.78 Å². The molecule has 28 heavy (non-hydrogen) atoms. The summed E-state index contributed by atoms with van der Waals surface area (Å²) in [6, 6.07) is 11.7. The number of rotatable bonds is 6. The maximum absolute atomic E-state index is 11.5. The van der Waals surface area contributed by atoms with Crippen LogP contribution in [0.2, 0.25) is 0 Å². The number of ether oxygens (including phenoxy) is 1. The molecule has 2 aromatic carbocycles. The van der Waals surface area contributed by atoms with Crippen LogP contribution in [0.5, 0.6) is 5.75 Å². The van der Waals surface area contributed by atoms with E-state index in [1.807, 2.05) is 30.5 Å². The zero-order valence-electron chi connectivity index (χ0n) is 15.9. The minimum Gasteiger partial charge on any atom is -0.507 e. The highest BCUT2D eigenvalue weighted by molar-refractivity contribution is 6.38. The van der Waals surface area contributed by atoms with Gasteiger partial charge >= 0.3 is 5.97 Å². The number of aliphatic hydroxyl groups is 1. The second kappa shape index (κ2) is 7.60. The number of aryl methyl sites for hydroxylation is 2. The molecule has 0 aliphatic heterocycles. The van der Waals surface area contributed by atoms with E-state index in [0.717, 1.165) is 28.3 Å².